The predicted molar refractivity (Wildman–Crippen MR) is 171 cm³/mol. The Kier molecular flexibility index (Phi) is 16.3. The highest BCUT2D eigenvalue weighted by Gasteiger charge is 2.09. The largest absolute Gasteiger partial charge is 0.494 e. The average Bonchev–Trinajstić information content (AvgIpc) is 3.49. The summed E-state index contributed by atoms with van der Waals surface area (Å²) in [6.45, 7) is 3.64. The maximum atomic E-state index is 12.4. The van der Waals surface area contributed by atoms with Gasteiger partial charge in [-0.2, -0.15) is 4.57 Å². The number of amides is 1. The van der Waals surface area contributed by atoms with Crippen molar-refractivity contribution >= 4 is 34.5 Å². The quantitative estimate of drug-likeness (QED) is 0.0923. The van der Waals surface area contributed by atoms with E-state index in [1.54, 1.807) is 23.5 Å². The standard InChI is InChI=1S/C34H47ClN2O3S/c1-2-3-4-5-6-7-8-9-10-11-12-13-14-15-23-39-31-20-21-33(32(35)25-31)40-27-34(38)36-30-18-16-29(17-19-30)26-37-22-24-41-28-37/h16-22,24-25,28H,2-15,23,26-27H2,1H3/p+1. The molecule has 0 aliphatic carbocycles. The van der Waals surface area contributed by atoms with Crippen molar-refractivity contribution in [3.8, 4) is 11.5 Å². The van der Waals surface area contributed by atoms with Gasteiger partial charge in [0.1, 0.15) is 11.5 Å². The van der Waals surface area contributed by atoms with Crippen molar-refractivity contribution in [1.82, 2.24) is 0 Å². The number of halogens is 1. The third kappa shape index (κ3) is 14.2. The monoisotopic (exact) mass is 599 g/mol. The van der Waals surface area contributed by atoms with Crippen LogP contribution in [0.15, 0.2) is 59.6 Å². The molecule has 1 heterocycles. The summed E-state index contributed by atoms with van der Waals surface area (Å²) in [6.07, 6.45) is 20.8. The summed E-state index contributed by atoms with van der Waals surface area (Å²) in [4.78, 5) is 12.4. The number of benzene rings is 2. The molecule has 0 atom stereocenters. The maximum Gasteiger partial charge on any atom is 0.262 e. The van der Waals surface area contributed by atoms with Crippen molar-refractivity contribution in [2.45, 2.75) is 103 Å². The minimum atomic E-state index is -0.237. The molecule has 0 aliphatic heterocycles. The van der Waals surface area contributed by atoms with Gasteiger partial charge >= 0.3 is 0 Å². The molecule has 1 amide bonds. The molecule has 0 saturated heterocycles. The smallest absolute Gasteiger partial charge is 0.262 e. The Labute approximate surface area is 256 Å². The number of aromatic nitrogens is 1. The van der Waals surface area contributed by atoms with E-state index in [1.807, 2.05) is 41.9 Å². The zero-order chi connectivity index (χ0) is 29.0. The summed E-state index contributed by atoms with van der Waals surface area (Å²) in [5.74, 6) is 0.954. The molecule has 2 aromatic carbocycles. The summed E-state index contributed by atoms with van der Waals surface area (Å²) in [7, 11) is 0. The van der Waals surface area contributed by atoms with Gasteiger partial charge in [-0.05, 0) is 30.7 Å². The topological polar surface area (TPSA) is 51.4 Å². The van der Waals surface area contributed by atoms with Crippen molar-refractivity contribution in [3.63, 3.8) is 0 Å². The van der Waals surface area contributed by atoms with Crippen LogP contribution < -0.4 is 19.4 Å². The number of rotatable bonds is 22. The zero-order valence-corrected chi connectivity index (χ0v) is 26.3. The summed E-state index contributed by atoms with van der Waals surface area (Å²) in [6, 6.07) is 13.2. The first-order valence-corrected chi connectivity index (χ1v) is 16.8. The van der Waals surface area contributed by atoms with Gasteiger partial charge < -0.3 is 14.8 Å². The van der Waals surface area contributed by atoms with Gasteiger partial charge in [-0.3, -0.25) is 4.79 Å². The first-order valence-electron chi connectivity index (χ1n) is 15.5. The van der Waals surface area contributed by atoms with Crippen LogP contribution in [0.3, 0.4) is 0 Å². The number of nitrogens with zero attached hydrogens (tertiary/aromatic N) is 1. The van der Waals surface area contributed by atoms with Gasteiger partial charge in [0.05, 0.1) is 17.0 Å². The fraction of sp³-hybridized carbons (Fsp3) is 0.529. The minimum Gasteiger partial charge on any atom is -0.494 e. The summed E-state index contributed by atoms with van der Waals surface area (Å²) >= 11 is 8.04. The van der Waals surface area contributed by atoms with Crippen LogP contribution in [0.5, 0.6) is 11.5 Å². The summed E-state index contributed by atoms with van der Waals surface area (Å²) < 4.78 is 13.6. The Morgan fingerprint density at radius 1 is 0.829 bits per heavy atom. The second-order valence-corrected chi connectivity index (χ2v) is 11.9. The molecule has 0 radical (unpaired) electrons. The van der Waals surface area contributed by atoms with E-state index in [0.717, 1.165) is 24.4 Å². The molecular formula is C34H48ClN2O3S+. The molecule has 0 saturated carbocycles. The lowest BCUT2D eigenvalue weighted by atomic mass is 10.0. The molecule has 0 bridgehead atoms. The molecule has 3 aromatic rings. The van der Waals surface area contributed by atoms with E-state index in [1.165, 1.54) is 89.0 Å². The highest BCUT2D eigenvalue weighted by molar-refractivity contribution is 7.07. The Balaban J connectivity index is 1.20. The fourth-order valence-corrected chi connectivity index (χ4v) is 5.59. The number of hydrogen-bond acceptors (Lipinski definition) is 4. The number of nitrogens with one attached hydrogen (secondary N) is 1. The number of anilines is 1. The average molecular weight is 600 g/mol. The molecule has 41 heavy (non-hydrogen) atoms. The van der Waals surface area contributed by atoms with Crippen molar-refractivity contribution < 1.29 is 18.8 Å². The van der Waals surface area contributed by atoms with Crippen LogP contribution in [0.4, 0.5) is 5.69 Å². The third-order valence-electron chi connectivity index (χ3n) is 7.16. The molecule has 7 heteroatoms. The first kappa shape index (κ1) is 32.9. The Hall–Kier alpha value is -2.57. The second kappa shape index (κ2) is 20.3. The highest BCUT2D eigenvalue weighted by Crippen LogP contribution is 2.29. The first-order chi connectivity index (χ1) is 20.1. The van der Waals surface area contributed by atoms with Gasteiger partial charge in [0, 0.05) is 17.3 Å². The fourth-order valence-electron chi connectivity index (χ4n) is 4.77. The lowest BCUT2D eigenvalue weighted by Crippen LogP contribution is -2.30. The van der Waals surface area contributed by atoms with Crippen molar-refractivity contribution in [2.24, 2.45) is 0 Å². The van der Waals surface area contributed by atoms with Crippen LogP contribution in [0.1, 0.15) is 102 Å². The Bertz CT molecular complexity index is 1110. The normalized spacial score (nSPS) is 11.0. The lowest BCUT2D eigenvalue weighted by molar-refractivity contribution is -0.683. The van der Waals surface area contributed by atoms with Crippen LogP contribution in [0, 0.1) is 0 Å². The Morgan fingerprint density at radius 3 is 2.05 bits per heavy atom. The van der Waals surface area contributed by atoms with Gasteiger partial charge in [0.15, 0.2) is 19.3 Å². The molecule has 1 N–H and O–H groups in total. The van der Waals surface area contributed by atoms with Crippen molar-refractivity contribution in [1.29, 1.82) is 0 Å². The van der Waals surface area contributed by atoms with Crippen LogP contribution in [-0.2, 0) is 11.3 Å². The molecule has 3 rings (SSSR count). The van der Waals surface area contributed by atoms with Crippen LogP contribution in [-0.4, -0.2) is 19.1 Å². The van der Waals surface area contributed by atoms with Crippen molar-refractivity contribution in [2.75, 3.05) is 18.5 Å². The lowest BCUT2D eigenvalue weighted by Gasteiger charge is -2.11. The van der Waals surface area contributed by atoms with E-state index in [0.29, 0.717) is 17.4 Å². The van der Waals surface area contributed by atoms with E-state index < -0.39 is 0 Å². The number of thiazole rings is 1. The van der Waals surface area contributed by atoms with Gasteiger partial charge in [-0.1, -0.05) is 125 Å². The zero-order valence-electron chi connectivity index (χ0n) is 24.8. The van der Waals surface area contributed by atoms with E-state index >= 15 is 0 Å². The second-order valence-electron chi connectivity index (χ2n) is 10.8. The molecule has 5 nitrogen and oxygen atoms in total. The van der Waals surface area contributed by atoms with Crippen LogP contribution in [0.2, 0.25) is 5.02 Å². The number of hydrogen-bond donors (Lipinski definition) is 1. The molecular weight excluding hydrogens is 552 g/mol. The molecule has 1 aromatic heterocycles. The predicted octanol–water partition coefficient (Wildman–Crippen LogP) is 9.61. The molecule has 0 spiro atoms. The van der Waals surface area contributed by atoms with E-state index in [2.05, 4.69) is 22.3 Å². The van der Waals surface area contributed by atoms with Gasteiger partial charge in [0.2, 0.25) is 5.51 Å². The Morgan fingerprint density at radius 2 is 1.46 bits per heavy atom. The number of carbonyl (C=O) groups is 1. The maximum absolute atomic E-state index is 12.4. The SMILES string of the molecule is CCCCCCCCCCCCCCCCOc1ccc(OCC(=O)Nc2ccc(C[n+]3ccsc3)cc2)c(Cl)c1. The van der Waals surface area contributed by atoms with Crippen LogP contribution in [0.25, 0.3) is 0 Å². The van der Waals surface area contributed by atoms with E-state index in [4.69, 9.17) is 21.1 Å². The molecule has 0 fully saturated rings. The minimum absolute atomic E-state index is 0.120. The number of unbranched alkanes of at least 4 members (excludes halogenated alkanes) is 13. The number of ether oxygens (including phenoxy) is 2. The molecule has 0 unspecified atom stereocenters. The van der Waals surface area contributed by atoms with Crippen molar-refractivity contribution in [3.05, 3.63) is 70.1 Å². The third-order valence-corrected chi connectivity index (χ3v) is 8.13. The summed E-state index contributed by atoms with van der Waals surface area (Å²) in [5, 5.41) is 5.35. The molecule has 0 aliphatic rings. The van der Waals surface area contributed by atoms with Gasteiger partial charge in [-0.25, -0.2) is 0 Å². The number of carbonyl (C=O) groups excluding carboxylic acids is 1. The van der Waals surface area contributed by atoms with Gasteiger partial charge in [0.25, 0.3) is 5.91 Å². The van der Waals surface area contributed by atoms with Crippen LogP contribution >= 0.6 is 22.9 Å². The van der Waals surface area contributed by atoms with E-state index in [-0.39, 0.29) is 12.5 Å². The van der Waals surface area contributed by atoms with E-state index in [9.17, 15) is 4.79 Å². The highest BCUT2D eigenvalue weighted by atomic mass is 35.5. The van der Waals surface area contributed by atoms with Gasteiger partial charge in [-0.15, -0.1) is 0 Å². The summed E-state index contributed by atoms with van der Waals surface area (Å²) in [5.41, 5.74) is 3.97. The molecule has 224 valence electrons.